The minimum absolute atomic E-state index is 0.159. The number of hydrogen-bond acceptors (Lipinski definition) is 4. The van der Waals surface area contributed by atoms with Crippen LogP contribution in [-0.2, 0) is 0 Å². The number of thiazole rings is 1. The number of carbonyl (C=O) groups is 2. The zero-order valence-electron chi connectivity index (χ0n) is 13.3. The first-order valence-corrected chi connectivity index (χ1v) is 8.10. The fourth-order valence-corrected chi connectivity index (χ4v) is 2.78. The second-order valence-corrected chi connectivity index (χ2v) is 6.47. The molecule has 0 aliphatic carbocycles. The summed E-state index contributed by atoms with van der Waals surface area (Å²) in [5.41, 5.74) is 1.18. The molecular weight excluding hydrogens is 312 g/mol. The molecule has 3 amide bonds. The summed E-state index contributed by atoms with van der Waals surface area (Å²) in [5, 5.41) is 9.12. The van der Waals surface area contributed by atoms with E-state index in [1.165, 1.54) is 0 Å². The van der Waals surface area contributed by atoms with Crippen LogP contribution in [0.3, 0.4) is 0 Å². The maximum absolute atomic E-state index is 11.9. The van der Waals surface area contributed by atoms with Crippen LogP contribution in [-0.4, -0.2) is 30.5 Å². The molecule has 0 aliphatic heterocycles. The molecule has 0 bridgehead atoms. The number of aromatic nitrogens is 1. The van der Waals surface area contributed by atoms with Crippen molar-refractivity contribution in [2.45, 2.75) is 19.8 Å². The number of nitrogens with zero attached hydrogens (tertiary/aromatic N) is 1. The molecule has 23 heavy (non-hydrogen) atoms. The van der Waals surface area contributed by atoms with Crippen LogP contribution >= 0.6 is 11.3 Å². The predicted molar refractivity (Wildman–Crippen MR) is 92.1 cm³/mol. The third-order valence-electron chi connectivity index (χ3n) is 3.26. The van der Waals surface area contributed by atoms with Gasteiger partial charge in [-0.3, -0.25) is 4.79 Å². The predicted octanol–water partition coefficient (Wildman–Crippen LogP) is 2.74. The number of anilines is 1. The first-order chi connectivity index (χ1) is 11.0. The second-order valence-electron chi connectivity index (χ2n) is 5.20. The van der Waals surface area contributed by atoms with Gasteiger partial charge < -0.3 is 16.0 Å². The molecular formula is C16H20N4O2S. The molecule has 0 aliphatic rings. The van der Waals surface area contributed by atoms with Crippen LogP contribution in [0.15, 0.2) is 30.5 Å². The maximum atomic E-state index is 11.9. The second kappa shape index (κ2) is 7.73. The molecule has 0 radical (unpaired) electrons. The molecule has 1 heterocycles. The van der Waals surface area contributed by atoms with Gasteiger partial charge in [-0.25, -0.2) is 9.78 Å². The number of carbonyl (C=O) groups excluding carboxylic acids is 2. The van der Waals surface area contributed by atoms with Crippen LogP contribution in [0, 0.1) is 6.92 Å². The third kappa shape index (κ3) is 4.79. The average molecular weight is 332 g/mol. The van der Waals surface area contributed by atoms with Crippen LogP contribution in [0.2, 0.25) is 0 Å². The maximum Gasteiger partial charge on any atom is 0.319 e. The van der Waals surface area contributed by atoms with Crippen molar-refractivity contribution in [1.82, 2.24) is 15.6 Å². The molecule has 1 aromatic carbocycles. The molecule has 0 saturated carbocycles. The SMILES string of the molecule is CNC(=O)c1ccc(NC(=O)NC[C@H](C)c2ncc(C)s2)cc1. The molecule has 2 rings (SSSR count). The number of benzene rings is 1. The molecule has 1 atom stereocenters. The van der Waals surface area contributed by atoms with Crippen LogP contribution in [0.25, 0.3) is 0 Å². The van der Waals surface area contributed by atoms with Crippen LogP contribution in [0.4, 0.5) is 10.5 Å². The average Bonchev–Trinajstić information content (AvgIpc) is 2.99. The fourth-order valence-electron chi connectivity index (χ4n) is 1.96. The van der Waals surface area contributed by atoms with E-state index in [1.807, 2.05) is 20.0 Å². The van der Waals surface area contributed by atoms with E-state index >= 15 is 0 Å². The lowest BCUT2D eigenvalue weighted by molar-refractivity contribution is 0.0963. The molecule has 3 N–H and O–H groups in total. The Morgan fingerprint density at radius 2 is 1.96 bits per heavy atom. The van der Waals surface area contributed by atoms with Crippen molar-refractivity contribution in [3.05, 3.63) is 45.9 Å². The number of aryl methyl sites for hydroxylation is 1. The van der Waals surface area contributed by atoms with Gasteiger partial charge in [0, 0.05) is 41.8 Å². The summed E-state index contributed by atoms with van der Waals surface area (Å²) < 4.78 is 0. The molecule has 0 fully saturated rings. The molecule has 0 saturated heterocycles. The lowest BCUT2D eigenvalue weighted by atomic mass is 10.2. The summed E-state index contributed by atoms with van der Waals surface area (Å²) >= 11 is 1.64. The summed E-state index contributed by atoms with van der Waals surface area (Å²) in [6, 6.07) is 6.43. The Hall–Kier alpha value is -2.41. The first kappa shape index (κ1) is 17.0. The van der Waals surface area contributed by atoms with Crippen molar-refractivity contribution in [3.8, 4) is 0 Å². The van der Waals surface area contributed by atoms with E-state index in [0.29, 0.717) is 17.8 Å². The van der Waals surface area contributed by atoms with Gasteiger partial charge in [0.15, 0.2) is 0 Å². The molecule has 0 unspecified atom stereocenters. The van der Waals surface area contributed by atoms with E-state index in [4.69, 9.17) is 0 Å². The Balaban J connectivity index is 1.83. The van der Waals surface area contributed by atoms with Crippen LogP contribution in [0.5, 0.6) is 0 Å². The molecule has 0 spiro atoms. The van der Waals surface area contributed by atoms with Gasteiger partial charge in [0.2, 0.25) is 0 Å². The lowest BCUT2D eigenvalue weighted by Gasteiger charge is -2.11. The van der Waals surface area contributed by atoms with Gasteiger partial charge >= 0.3 is 6.03 Å². The largest absolute Gasteiger partial charge is 0.355 e. The van der Waals surface area contributed by atoms with E-state index in [9.17, 15) is 9.59 Å². The highest BCUT2D eigenvalue weighted by Crippen LogP contribution is 2.20. The van der Waals surface area contributed by atoms with Crippen molar-refractivity contribution in [2.75, 3.05) is 18.9 Å². The minimum atomic E-state index is -0.280. The van der Waals surface area contributed by atoms with E-state index in [-0.39, 0.29) is 17.9 Å². The van der Waals surface area contributed by atoms with E-state index in [1.54, 1.807) is 42.6 Å². The van der Waals surface area contributed by atoms with Gasteiger partial charge in [-0.05, 0) is 31.2 Å². The van der Waals surface area contributed by atoms with Crippen LogP contribution in [0.1, 0.15) is 33.1 Å². The molecule has 2 aromatic rings. The van der Waals surface area contributed by atoms with Crippen molar-refractivity contribution in [1.29, 1.82) is 0 Å². The Morgan fingerprint density at radius 3 is 2.52 bits per heavy atom. The topological polar surface area (TPSA) is 83.1 Å². The van der Waals surface area contributed by atoms with Gasteiger partial charge in [0.25, 0.3) is 5.91 Å². The first-order valence-electron chi connectivity index (χ1n) is 7.29. The highest BCUT2D eigenvalue weighted by Gasteiger charge is 2.11. The number of rotatable bonds is 5. The smallest absolute Gasteiger partial charge is 0.319 e. The molecule has 7 heteroatoms. The van der Waals surface area contributed by atoms with Crippen LogP contribution < -0.4 is 16.0 Å². The Labute approximate surface area is 139 Å². The zero-order valence-corrected chi connectivity index (χ0v) is 14.2. The monoisotopic (exact) mass is 332 g/mol. The number of amides is 3. The Kier molecular flexibility index (Phi) is 5.70. The Bertz CT molecular complexity index is 682. The summed E-state index contributed by atoms with van der Waals surface area (Å²) in [5.74, 6) is 0.00337. The fraction of sp³-hybridized carbons (Fsp3) is 0.312. The Morgan fingerprint density at radius 1 is 1.26 bits per heavy atom. The van der Waals surface area contributed by atoms with Crippen molar-refractivity contribution < 1.29 is 9.59 Å². The van der Waals surface area contributed by atoms with E-state index in [0.717, 1.165) is 9.88 Å². The number of nitrogens with one attached hydrogen (secondary N) is 3. The highest BCUT2D eigenvalue weighted by molar-refractivity contribution is 7.11. The quantitative estimate of drug-likeness (QED) is 0.787. The summed E-state index contributed by atoms with van der Waals surface area (Å²) in [4.78, 5) is 28.8. The summed E-state index contributed by atoms with van der Waals surface area (Å²) in [6.45, 7) is 4.54. The van der Waals surface area contributed by atoms with Crippen molar-refractivity contribution in [3.63, 3.8) is 0 Å². The normalized spacial score (nSPS) is 11.6. The van der Waals surface area contributed by atoms with Gasteiger partial charge in [-0.15, -0.1) is 11.3 Å². The van der Waals surface area contributed by atoms with E-state index < -0.39 is 0 Å². The number of hydrogen-bond donors (Lipinski definition) is 3. The molecule has 122 valence electrons. The minimum Gasteiger partial charge on any atom is -0.355 e. The van der Waals surface area contributed by atoms with E-state index in [2.05, 4.69) is 20.9 Å². The zero-order chi connectivity index (χ0) is 16.8. The molecule has 6 nitrogen and oxygen atoms in total. The molecule has 1 aromatic heterocycles. The summed E-state index contributed by atoms with van der Waals surface area (Å²) in [7, 11) is 1.58. The van der Waals surface area contributed by atoms with Crippen molar-refractivity contribution >= 4 is 29.0 Å². The summed E-state index contributed by atoms with van der Waals surface area (Å²) in [6.07, 6.45) is 1.84. The van der Waals surface area contributed by atoms with Crippen molar-refractivity contribution in [2.24, 2.45) is 0 Å². The highest BCUT2D eigenvalue weighted by atomic mass is 32.1. The standard InChI is InChI=1S/C16H20N4O2S/c1-10(15-18-9-11(2)23-15)8-19-16(22)20-13-6-4-12(5-7-13)14(21)17-3/h4-7,9-10H,8H2,1-3H3,(H,17,21)(H2,19,20,22)/t10-/m0/s1. The van der Waals surface area contributed by atoms with Gasteiger partial charge in [0.05, 0.1) is 5.01 Å². The lowest BCUT2D eigenvalue weighted by Crippen LogP contribution is -2.31. The van der Waals surface area contributed by atoms with Gasteiger partial charge in [-0.2, -0.15) is 0 Å². The third-order valence-corrected chi connectivity index (χ3v) is 4.41. The number of urea groups is 1. The van der Waals surface area contributed by atoms with Gasteiger partial charge in [0.1, 0.15) is 0 Å². The van der Waals surface area contributed by atoms with Gasteiger partial charge in [-0.1, -0.05) is 6.92 Å².